The Labute approximate surface area is 212 Å². The second-order valence-electron chi connectivity index (χ2n) is 11.2. The number of epoxide rings is 1. The Morgan fingerprint density at radius 2 is 1.97 bits per heavy atom. The number of nitrogens with zero attached hydrogens (tertiary/aromatic N) is 1. The number of nitrogens with one attached hydrogen (secondary N) is 1. The first-order valence-electron chi connectivity index (χ1n) is 12.3. The molecule has 196 valence electrons. The molecule has 0 saturated carbocycles. The molecule has 3 rings (SSSR count). The standard InChI is InChI=1S/C26H40N2O6S/c1-15-10-17(3)22(30)24(5,6)9-8-20(29)33-21(16(2)11-19-13-35-18(4)28-19)23(31)26(32)25(7,34-26)14-27-12-15/h11,13,15,17,21,23,27,31-32H,8-10,12,14H2,1-7H3. The van der Waals surface area contributed by atoms with Gasteiger partial charge in [0.05, 0.1) is 10.7 Å². The zero-order chi connectivity index (χ0) is 26.2. The number of hydrogen-bond donors (Lipinski definition) is 3. The Kier molecular flexibility index (Phi) is 8.28. The maximum Gasteiger partial charge on any atom is 0.306 e. The van der Waals surface area contributed by atoms with Crippen LogP contribution in [0.4, 0.5) is 0 Å². The number of hydrogen-bond acceptors (Lipinski definition) is 9. The van der Waals surface area contributed by atoms with Crippen LogP contribution < -0.4 is 5.32 Å². The van der Waals surface area contributed by atoms with E-state index in [1.165, 1.54) is 11.3 Å². The van der Waals surface area contributed by atoms with Gasteiger partial charge in [0.1, 0.15) is 11.4 Å². The summed E-state index contributed by atoms with van der Waals surface area (Å²) in [7, 11) is 0. The molecule has 2 fully saturated rings. The Hall–Kier alpha value is -1.65. The number of ketones is 1. The van der Waals surface area contributed by atoms with Crippen LogP contribution in [0.2, 0.25) is 0 Å². The fourth-order valence-corrected chi connectivity index (χ4v) is 5.55. The van der Waals surface area contributed by atoms with E-state index < -0.39 is 35.0 Å². The van der Waals surface area contributed by atoms with E-state index in [-0.39, 0.29) is 24.0 Å². The molecule has 2 saturated heterocycles. The third-order valence-electron chi connectivity index (χ3n) is 7.28. The first-order valence-corrected chi connectivity index (χ1v) is 13.2. The zero-order valence-corrected chi connectivity index (χ0v) is 22.7. The first-order chi connectivity index (χ1) is 16.2. The smallest absolute Gasteiger partial charge is 0.306 e. The van der Waals surface area contributed by atoms with Gasteiger partial charge in [-0.3, -0.25) is 9.59 Å². The third-order valence-corrected chi connectivity index (χ3v) is 8.08. The number of thiazole rings is 1. The van der Waals surface area contributed by atoms with E-state index in [9.17, 15) is 19.8 Å². The van der Waals surface area contributed by atoms with Crippen LogP contribution in [0.25, 0.3) is 6.08 Å². The summed E-state index contributed by atoms with van der Waals surface area (Å²) in [5, 5.41) is 28.5. The van der Waals surface area contributed by atoms with Crippen molar-refractivity contribution in [1.82, 2.24) is 10.3 Å². The van der Waals surface area contributed by atoms with Crippen LogP contribution in [0, 0.1) is 24.2 Å². The van der Waals surface area contributed by atoms with Crippen molar-refractivity contribution in [2.24, 2.45) is 17.3 Å². The van der Waals surface area contributed by atoms with Crippen LogP contribution in [0.5, 0.6) is 0 Å². The molecular weight excluding hydrogens is 468 g/mol. The van der Waals surface area contributed by atoms with Crippen molar-refractivity contribution in [2.75, 3.05) is 13.1 Å². The monoisotopic (exact) mass is 508 g/mol. The lowest BCUT2D eigenvalue weighted by Gasteiger charge is -2.30. The number of aliphatic hydroxyl groups is 2. The van der Waals surface area contributed by atoms with Crippen molar-refractivity contribution >= 4 is 29.2 Å². The van der Waals surface area contributed by atoms with Crippen LogP contribution in [0.15, 0.2) is 11.0 Å². The fraction of sp³-hybridized carbons (Fsp3) is 0.731. The van der Waals surface area contributed by atoms with Gasteiger partial charge in [-0.15, -0.1) is 11.3 Å². The highest BCUT2D eigenvalue weighted by atomic mass is 32.1. The molecule has 3 heterocycles. The SMILES string of the molecule is CC(=Cc1csc(C)n1)C1OC(=O)CCC(C)(C)C(=O)C(C)CC(C)CNCC2(C)OC2(O)C1O. The van der Waals surface area contributed by atoms with Crippen LogP contribution in [-0.4, -0.2) is 63.6 Å². The number of aliphatic hydroxyl groups excluding tert-OH is 1. The van der Waals surface area contributed by atoms with Crippen molar-refractivity contribution < 1.29 is 29.3 Å². The summed E-state index contributed by atoms with van der Waals surface area (Å²) in [6, 6.07) is 0. The van der Waals surface area contributed by atoms with Crippen LogP contribution in [0.1, 0.15) is 71.5 Å². The summed E-state index contributed by atoms with van der Waals surface area (Å²) >= 11 is 1.49. The van der Waals surface area contributed by atoms with Gasteiger partial charge in [-0.25, -0.2) is 4.98 Å². The number of Topliss-reactive ketones (excluding diaryl/α,β-unsaturated/α-hetero) is 1. The van der Waals surface area contributed by atoms with Crippen molar-refractivity contribution in [3.63, 3.8) is 0 Å². The average Bonchev–Trinajstić information content (AvgIpc) is 3.09. The molecule has 0 aromatic carbocycles. The molecule has 9 heteroatoms. The second-order valence-corrected chi connectivity index (χ2v) is 12.2. The molecule has 1 aromatic rings. The largest absolute Gasteiger partial charge is 0.455 e. The van der Waals surface area contributed by atoms with Crippen LogP contribution >= 0.6 is 11.3 Å². The molecule has 2 aliphatic heterocycles. The Morgan fingerprint density at radius 1 is 1.29 bits per heavy atom. The van der Waals surface area contributed by atoms with Crippen LogP contribution in [-0.2, 0) is 19.1 Å². The molecule has 8 nitrogen and oxygen atoms in total. The van der Waals surface area contributed by atoms with Crippen molar-refractivity contribution in [3.05, 3.63) is 21.7 Å². The topological polar surface area (TPSA) is 121 Å². The summed E-state index contributed by atoms with van der Waals surface area (Å²) in [6.45, 7) is 14.0. The lowest BCUT2D eigenvalue weighted by molar-refractivity contribution is -0.165. The molecule has 6 atom stereocenters. The summed E-state index contributed by atoms with van der Waals surface area (Å²) in [4.78, 5) is 30.4. The van der Waals surface area contributed by atoms with E-state index in [1.54, 1.807) is 19.9 Å². The van der Waals surface area contributed by atoms with E-state index in [0.717, 1.165) is 5.01 Å². The van der Waals surface area contributed by atoms with E-state index in [1.807, 2.05) is 33.1 Å². The summed E-state index contributed by atoms with van der Waals surface area (Å²) in [5.41, 5.74) is -0.511. The van der Waals surface area contributed by atoms with Gasteiger partial charge in [-0.2, -0.15) is 0 Å². The molecule has 1 aromatic heterocycles. The molecular formula is C26H40N2O6S. The van der Waals surface area contributed by atoms with Crippen molar-refractivity contribution in [2.45, 2.75) is 91.3 Å². The molecule has 6 unspecified atom stereocenters. The number of fused-ring (bicyclic) bond motifs is 1. The van der Waals surface area contributed by atoms with E-state index in [2.05, 4.69) is 17.2 Å². The van der Waals surface area contributed by atoms with E-state index in [0.29, 0.717) is 37.2 Å². The van der Waals surface area contributed by atoms with Gasteiger partial charge in [0.25, 0.3) is 0 Å². The number of cyclic esters (lactones) is 1. The highest BCUT2D eigenvalue weighted by Crippen LogP contribution is 2.49. The Bertz CT molecular complexity index is 975. The highest BCUT2D eigenvalue weighted by Gasteiger charge is 2.72. The molecule has 3 N–H and O–H groups in total. The first kappa shape index (κ1) is 27.9. The van der Waals surface area contributed by atoms with Gasteiger partial charge < -0.3 is 25.0 Å². The predicted molar refractivity (Wildman–Crippen MR) is 135 cm³/mol. The molecule has 0 amide bonds. The minimum absolute atomic E-state index is 0.0193. The third kappa shape index (κ3) is 6.20. The summed E-state index contributed by atoms with van der Waals surface area (Å²) < 4.78 is 11.4. The minimum atomic E-state index is -1.87. The number of ether oxygens (including phenoxy) is 2. The van der Waals surface area contributed by atoms with Crippen molar-refractivity contribution in [3.8, 4) is 0 Å². The molecule has 0 bridgehead atoms. The fourth-order valence-electron chi connectivity index (χ4n) is 4.98. The number of carbonyl (C=O) groups excluding carboxylic acids is 2. The predicted octanol–water partition coefficient (Wildman–Crippen LogP) is 3.25. The molecule has 0 aliphatic carbocycles. The average molecular weight is 509 g/mol. The lowest BCUT2D eigenvalue weighted by atomic mass is 9.76. The second kappa shape index (κ2) is 10.4. The van der Waals surface area contributed by atoms with Gasteiger partial charge in [0.15, 0.2) is 12.2 Å². The van der Waals surface area contributed by atoms with Crippen molar-refractivity contribution in [1.29, 1.82) is 0 Å². The van der Waals surface area contributed by atoms with Gasteiger partial charge in [-0.05, 0) is 57.7 Å². The number of esters is 1. The maximum atomic E-state index is 13.1. The highest BCUT2D eigenvalue weighted by molar-refractivity contribution is 7.09. The number of carbonyl (C=O) groups is 2. The van der Waals surface area contributed by atoms with Crippen LogP contribution in [0.3, 0.4) is 0 Å². The lowest BCUT2D eigenvalue weighted by Crippen LogP contribution is -2.49. The summed E-state index contributed by atoms with van der Waals surface area (Å²) in [6.07, 6.45) is 0.158. The van der Waals surface area contributed by atoms with Gasteiger partial charge >= 0.3 is 5.97 Å². The normalized spacial score (nSPS) is 37.5. The van der Waals surface area contributed by atoms with E-state index >= 15 is 0 Å². The van der Waals surface area contributed by atoms with E-state index in [4.69, 9.17) is 9.47 Å². The Balaban J connectivity index is 1.90. The quantitative estimate of drug-likeness (QED) is 0.411. The molecule has 0 radical (unpaired) electrons. The minimum Gasteiger partial charge on any atom is -0.455 e. The molecule has 2 aliphatic rings. The molecule has 0 spiro atoms. The number of aromatic nitrogens is 1. The zero-order valence-electron chi connectivity index (χ0n) is 21.9. The number of aryl methyl sites for hydroxylation is 1. The molecule has 35 heavy (non-hydrogen) atoms. The van der Waals surface area contributed by atoms with Gasteiger partial charge in [0.2, 0.25) is 5.79 Å². The maximum absolute atomic E-state index is 13.1. The Morgan fingerprint density at radius 3 is 2.60 bits per heavy atom. The van der Waals surface area contributed by atoms with Gasteiger partial charge in [0, 0.05) is 29.7 Å². The summed E-state index contributed by atoms with van der Waals surface area (Å²) in [5.74, 6) is -2.21. The van der Waals surface area contributed by atoms with Gasteiger partial charge in [-0.1, -0.05) is 27.7 Å². The number of rotatable bonds is 2.